The summed E-state index contributed by atoms with van der Waals surface area (Å²) in [5, 5.41) is 11.4. The summed E-state index contributed by atoms with van der Waals surface area (Å²) >= 11 is 0. The molecule has 1 saturated heterocycles. The van der Waals surface area contributed by atoms with Crippen molar-refractivity contribution in [2.75, 3.05) is 43.0 Å². The predicted molar refractivity (Wildman–Crippen MR) is 111 cm³/mol. The Balaban J connectivity index is 1.74. The number of nitro benzene ring substituents is 1. The molecule has 0 saturated carbocycles. The first kappa shape index (κ1) is 19.7. The van der Waals surface area contributed by atoms with E-state index < -0.39 is 0 Å². The van der Waals surface area contributed by atoms with Crippen molar-refractivity contribution in [3.05, 3.63) is 64.2 Å². The van der Waals surface area contributed by atoms with E-state index in [-0.39, 0.29) is 22.6 Å². The fourth-order valence-corrected chi connectivity index (χ4v) is 3.35. The first-order valence-electron chi connectivity index (χ1n) is 9.49. The first-order valence-corrected chi connectivity index (χ1v) is 9.49. The highest BCUT2D eigenvalue weighted by atomic mass is 16.6. The molecule has 7 nitrogen and oxygen atoms in total. The van der Waals surface area contributed by atoms with Crippen LogP contribution in [0.15, 0.2) is 48.5 Å². The maximum absolute atomic E-state index is 12.6. The molecule has 2 aromatic carbocycles. The highest BCUT2D eigenvalue weighted by molar-refractivity contribution is 5.94. The zero-order chi connectivity index (χ0) is 20.3. The SMILES string of the molecule is CC(C)N(C)c1cc(N2CCN(C(=O)c3ccccc3)CC2)ccc1[N+](=O)[O-]. The number of hydrogen-bond donors (Lipinski definition) is 0. The van der Waals surface area contributed by atoms with E-state index in [1.54, 1.807) is 12.1 Å². The Hall–Kier alpha value is -3.09. The number of benzene rings is 2. The molecule has 0 N–H and O–H groups in total. The van der Waals surface area contributed by atoms with Crippen LogP contribution in [0, 0.1) is 10.1 Å². The Morgan fingerprint density at radius 3 is 2.29 bits per heavy atom. The predicted octanol–water partition coefficient (Wildman–Crippen LogP) is 3.40. The molecule has 0 atom stereocenters. The van der Waals surface area contributed by atoms with Crippen molar-refractivity contribution in [2.45, 2.75) is 19.9 Å². The third-order valence-corrected chi connectivity index (χ3v) is 5.26. The Labute approximate surface area is 165 Å². The van der Waals surface area contributed by atoms with Gasteiger partial charge in [-0.05, 0) is 38.1 Å². The summed E-state index contributed by atoms with van der Waals surface area (Å²) in [6.45, 7) is 6.65. The van der Waals surface area contributed by atoms with E-state index in [1.807, 2.05) is 67.1 Å². The Bertz CT molecular complexity index is 846. The summed E-state index contributed by atoms with van der Waals surface area (Å²) in [7, 11) is 1.87. The average molecular weight is 382 g/mol. The quantitative estimate of drug-likeness (QED) is 0.585. The van der Waals surface area contributed by atoms with Crippen molar-refractivity contribution in [1.29, 1.82) is 0 Å². The van der Waals surface area contributed by atoms with Crippen molar-refractivity contribution in [1.82, 2.24) is 4.90 Å². The van der Waals surface area contributed by atoms with E-state index in [9.17, 15) is 14.9 Å². The molecule has 0 bridgehead atoms. The van der Waals surface area contributed by atoms with Crippen molar-refractivity contribution >= 4 is 23.0 Å². The van der Waals surface area contributed by atoms with Gasteiger partial charge in [-0.25, -0.2) is 0 Å². The summed E-state index contributed by atoms with van der Waals surface area (Å²) < 4.78 is 0. The van der Waals surface area contributed by atoms with E-state index >= 15 is 0 Å². The van der Waals surface area contributed by atoms with Crippen molar-refractivity contribution in [3.63, 3.8) is 0 Å². The summed E-state index contributed by atoms with van der Waals surface area (Å²) in [4.78, 5) is 29.6. The molecular formula is C21H26N4O3. The fraction of sp³-hybridized carbons (Fsp3) is 0.381. The van der Waals surface area contributed by atoms with Crippen LogP contribution in [0.5, 0.6) is 0 Å². The molecule has 0 radical (unpaired) electrons. The van der Waals surface area contributed by atoms with Crippen LogP contribution >= 0.6 is 0 Å². The molecule has 0 unspecified atom stereocenters. The standard InChI is InChI=1S/C21H26N4O3/c1-16(2)22(3)20-15-18(9-10-19(20)25(27)28)23-11-13-24(14-12-23)21(26)17-7-5-4-6-8-17/h4-10,15-16H,11-14H2,1-3H3. The van der Waals surface area contributed by atoms with Crippen molar-refractivity contribution < 1.29 is 9.72 Å². The largest absolute Gasteiger partial charge is 0.368 e. The van der Waals surface area contributed by atoms with Crippen LogP contribution in [0.3, 0.4) is 0 Å². The fourth-order valence-electron chi connectivity index (χ4n) is 3.35. The van der Waals surface area contributed by atoms with Gasteiger partial charge in [0, 0.05) is 56.6 Å². The van der Waals surface area contributed by atoms with Gasteiger partial charge in [-0.15, -0.1) is 0 Å². The molecule has 0 aliphatic carbocycles. The lowest BCUT2D eigenvalue weighted by Crippen LogP contribution is -2.48. The maximum Gasteiger partial charge on any atom is 0.292 e. The summed E-state index contributed by atoms with van der Waals surface area (Å²) in [5.41, 5.74) is 2.37. The topological polar surface area (TPSA) is 69.9 Å². The Morgan fingerprint density at radius 2 is 1.71 bits per heavy atom. The molecule has 1 amide bonds. The smallest absolute Gasteiger partial charge is 0.292 e. The molecule has 1 fully saturated rings. The molecule has 28 heavy (non-hydrogen) atoms. The van der Waals surface area contributed by atoms with E-state index in [4.69, 9.17) is 0 Å². The average Bonchev–Trinajstić information content (AvgIpc) is 2.72. The van der Waals surface area contributed by atoms with Gasteiger partial charge in [-0.1, -0.05) is 18.2 Å². The molecular weight excluding hydrogens is 356 g/mol. The van der Waals surface area contributed by atoms with Gasteiger partial charge >= 0.3 is 0 Å². The van der Waals surface area contributed by atoms with Gasteiger partial charge in [-0.2, -0.15) is 0 Å². The zero-order valence-electron chi connectivity index (χ0n) is 16.5. The molecule has 1 aliphatic rings. The molecule has 0 aromatic heterocycles. The molecule has 148 valence electrons. The Kier molecular flexibility index (Phi) is 5.82. The van der Waals surface area contributed by atoms with E-state index in [2.05, 4.69) is 4.90 Å². The second kappa shape index (κ2) is 8.29. The maximum atomic E-state index is 12.6. The van der Waals surface area contributed by atoms with Gasteiger partial charge in [0.2, 0.25) is 0 Å². The van der Waals surface area contributed by atoms with E-state index in [1.165, 1.54) is 0 Å². The summed E-state index contributed by atoms with van der Waals surface area (Å²) in [6, 6.07) is 14.7. The number of hydrogen-bond acceptors (Lipinski definition) is 5. The van der Waals surface area contributed by atoms with Crippen LogP contribution in [-0.4, -0.2) is 55.0 Å². The molecule has 3 rings (SSSR count). The van der Waals surface area contributed by atoms with E-state index in [0.717, 1.165) is 5.69 Å². The minimum Gasteiger partial charge on any atom is -0.368 e. The molecule has 0 spiro atoms. The monoisotopic (exact) mass is 382 g/mol. The number of nitro groups is 1. The third kappa shape index (κ3) is 4.08. The van der Waals surface area contributed by atoms with Gasteiger partial charge in [0.05, 0.1) is 4.92 Å². The Morgan fingerprint density at radius 1 is 1.07 bits per heavy atom. The van der Waals surface area contributed by atoms with Crippen molar-refractivity contribution in [2.24, 2.45) is 0 Å². The van der Waals surface area contributed by atoms with E-state index in [0.29, 0.717) is 37.4 Å². The normalized spacial score (nSPS) is 14.3. The first-order chi connectivity index (χ1) is 13.4. The van der Waals surface area contributed by atoms with Crippen molar-refractivity contribution in [3.8, 4) is 0 Å². The van der Waals surface area contributed by atoms with Gasteiger partial charge < -0.3 is 14.7 Å². The number of nitrogens with zero attached hydrogens (tertiary/aromatic N) is 4. The van der Waals surface area contributed by atoms with Crippen LogP contribution in [0.25, 0.3) is 0 Å². The number of piperazine rings is 1. The molecule has 2 aromatic rings. The van der Waals surface area contributed by atoms with Crippen LogP contribution < -0.4 is 9.80 Å². The molecule has 7 heteroatoms. The summed E-state index contributed by atoms with van der Waals surface area (Å²) in [5.74, 6) is 0.0455. The highest BCUT2D eigenvalue weighted by Crippen LogP contribution is 2.33. The van der Waals surface area contributed by atoms with Gasteiger partial charge in [0.25, 0.3) is 11.6 Å². The highest BCUT2D eigenvalue weighted by Gasteiger charge is 2.25. The van der Waals surface area contributed by atoms with Gasteiger partial charge in [0.15, 0.2) is 0 Å². The number of amides is 1. The minimum absolute atomic E-state index is 0.0455. The van der Waals surface area contributed by atoms with Gasteiger partial charge in [0.1, 0.15) is 5.69 Å². The third-order valence-electron chi connectivity index (χ3n) is 5.26. The second-order valence-electron chi connectivity index (χ2n) is 7.28. The molecule has 1 aliphatic heterocycles. The number of anilines is 2. The summed E-state index contributed by atoms with van der Waals surface area (Å²) in [6.07, 6.45) is 0. The lowest BCUT2D eigenvalue weighted by molar-refractivity contribution is -0.384. The lowest BCUT2D eigenvalue weighted by atomic mass is 10.1. The minimum atomic E-state index is -0.339. The van der Waals surface area contributed by atoms with Crippen LogP contribution in [-0.2, 0) is 0 Å². The van der Waals surface area contributed by atoms with Gasteiger partial charge in [-0.3, -0.25) is 14.9 Å². The molecule has 1 heterocycles. The number of carbonyl (C=O) groups excluding carboxylic acids is 1. The van der Waals surface area contributed by atoms with Crippen LogP contribution in [0.2, 0.25) is 0 Å². The second-order valence-corrected chi connectivity index (χ2v) is 7.28. The lowest BCUT2D eigenvalue weighted by Gasteiger charge is -2.36. The van der Waals surface area contributed by atoms with Crippen LogP contribution in [0.1, 0.15) is 24.2 Å². The van der Waals surface area contributed by atoms with Crippen LogP contribution in [0.4, 0.5) is 17.1 Å². The number of rotatable bonds is 5. The number of carbonyl (C=O) groups is 1. The zero-order valence-corrected chi connectivity index (χ0v) is 16.5.